The SMILES string of the molecule is [Ce+3].[La+3].[Mn+2].[O-2].[O-2].[O-2].[O-2]. The largest absolute Gasteiger partial charge is 3.00 e. The molecule has 0 aromatic carbocycles. The summed E-state index contributed by atoms with van der Waals surface area (Å²) in [5.74, 6) is 0. The van der Waals surface area contributed by atoms with Crippen molar-refractivity contribution in [2.75, 3.05) is 0 Å². The minimum Gasteiger partial charge on any atom is -2.00 e. The summed E-state index contributed by atoms with van der Waals surface area (Å²) in [5, 5.41) is 0. The van der Waals surface area contributed by atoms with E-state index in [1.54, 1.807) is 0 Å². The summed E-state index contributed by atoms with van der Waals surface area (Å²) in [6.07, 6.45) is 0. The average Bonchev–Trinajstić information content (AvgIpc) is 0. The van der Waals surface area contributed by atoms with Crippen molar-refractivity contribution in [2.24, 2.45) is 0 Å². The fraction of sp³-hybridized carbons (Fsp3) is 0. The van der Waals surface area contributed by atoms with Crippen molar-refractivity contribution in [3.8, 4) is 0 Å². The smallest absolute Gasteiger partial charge is 2.00 e. The van der Waals surface area contributed by atoms with E-state index < -0.39 is 0 Å². The van der Waals surface area contributed by atoms with Crippen molar-refractivity contribution >= 4 is 0 Å². The Morgan fingerprint density at radius 2 is 0.571 bits per heavy atom. The molecule has 38 valence electrons. The van der Waals surface area contributed by atoms with Crippen LogP contribution in [0, 0.1) is 77.3 Å². The van der Waals surface area contributed by atoms with Crippen LogP contribution in [0.5, 0.6) is 0 Å². The number of hydrogen-bond donors (Lipinski definition) is 0. The molecule has 0 amide bonds. The quantitative estimate of drug-likeness (QED) is 0.491. The third-order valence-corrected chi connectivity index (χ3v) is 0. The van der Waals surface area contributed by atoms with Crippen LogP contribution in [0.15, 0.2) is 0 Å². The van der Waals surface area contributed by atoms with Crippen LogP contribution in [-0.4, -0.2) is 0 Å². The Morgan fingerprint density at radius 1 is 0.571 bits per heavy atom. The van der Waals surface area contributed by atoms with Crippen LogP contribution in [0.25, 0.3) is 0 Å². The van der Waals surface area contributed by atoms with E-state index in [9.17, 15) is 0 Å². The van der Waals surface area contributed by atoms with E-state index >= 15 is 0 Å². The molecule has 4 nitrogen and oxygen atoms in total. The van der Waals surface area contributed by atoms with Crippen molar-refractivity contribution < 1.29 is 116 Å². The molecule has 2 radical (unpaired) electrons. The molecule has 0 atom stereocenters. The van der Waals surface area contributed by atoms with Gasteiger partial charge in [0.05, 0.1) is 0 Å². The van der Waals surface area contributed by atoms with Gasteiger partial charge in [-0.05, 0) is 0 Å². The molecule has 0 aliphatic heterocycles. The first-order chi connectivity index (χ1) is 0. The molecule has 0 aromatic rings. The normalized spacial score (nSPS) is 0. The number of hydrogen-bond acceptors (Lipinski definition) is 0. The van der Waals surface area contributed by atoms with Crippen molar-refractivity contribution in [1.29, 1.82) is 0 Å². The molecule has 0 rings (SSSR count). The molecular weight excluding hydrogens is 398 g/mol. The van der Waals surface area contributed by atoms with E-state index in [0.717, 1.165) is 0 Å². The summed E-state index contributed by atoms with van der Waals surface area (Å²) in [4.78, 5) is 0. The van der Waals surface area contributed by atoms with E-state index in [0.29, 0.717) is 0 Å². The third-order valence-electron chi connectivity index (χ3n) is 0. The van der Waals surface area contributed by atoms with Gasteiger partial charge in [0.25, 0.3) is 0 Å². The van der Waals surface area contributed by atoms with Gasteiger partial charge in [-0.15, -0.1) is 0 Å². The van der Waals surface area contributed by atoms with Crippen LogP contribution >= 0.6 is 0 Å². The van der Waals surface area contributed by atoms with Gasteiger partial charge in [-0.2, -0.15) is 0 Å². The second-order valence-corrected chi connectivity index (χ2v) is 0. The monoisotopic (exact) mass is 398 g/mol. The topological polar surface area (TPSA) is 114 Å². The summed E-state index contributed by atoms with van der Waals surface area (Å²) < 4.78 is 0. The standard InChI is InChI=1S/Ce.La.Mn.4O/q2*+3;+2;4*-2. The molecule has 0 saturated carbocycles. The van der Waals surface area contributed by atoms with E-state index in [1.807, 2.05) is 0 Å². The van der Waals surface area contributed by atoms with Crippen molar-refractivity contribution in [3.05, 3.63) is 0 Å². The minimum absolute atomic E-state index is 0. The van der Waals surface area contributed by atoms with E-state index in [1.165, 1.54) is 0 Å². The van der Waals surface area contributed by atoms with Gasteiger partial charge in [-0.25, -0.2) is 0 Å². The predicted octanol–water partition coefficient (Wildman–Crippen LogP) is -0.478. The Bertz CT molecular complexity index is 11.7. The van der Waals surface area contributed by atoms with Gasteiger partial charge >= 0.3 is 94.4 Å². The maximum Gasteiger partial charge on any atom is 3.00 e. The fourth-order valence-corrected chi connectivity index (χ4v) is 0. The first kappa shape index (κ1) is 92.2. The first-order valence-electron chi connectivity index (χ1n) is 0. The molecule has 0 aliphatic rings. The summed E-state index contributed by atoms with van der Waals surface area (Å²) in [6, 6.07) is 0. The first-order valence-corrected chi connectivity index (χ1v) is 0. The zero-order valence-electron chi connectivity index (χ0n) is 3.09. The van der Waals surface area contributed by atoms with Crippen LogP contribution < -0.4 is 0 Å². The second kappa shape index (κ2) is 65.4. The molecule has 7 heavy (non-hydrogen) atoms. The molecule has 0 unspecified atom stereocenters. The van der Waals surface area contributed by atoms with Crippen molar-refractivity contribution in [2.45, 2.75) is 0 Å². The van der Waals surface area contributed by atoms with E-state index in [2.05, 4.69) is 0 Å². The van der Waals surface area contributed by atoms with Gasteiger partial charge in [0.2, 0.25) is 0 Å². The van der Waals surface area contributed by atoms with Crippen LogP contribution in [0.2, 0.25) is 0 Å². The molecule has 0 bridgehead atoms. The average molecular weight is 398 g/mol. The summed E-state index contributed by atoms with van der Waals surface area (Å²) in [5.41, 5.74) is 0. The van der Waals surface area contributed by atoms with Gasteiger partial charge in [0.15, 0.2) is 0 Å². The Morgan fingerprint density at radius 3 is 0.571 bits per heavy atom. The molecule has 7 heteroatoms. The predicted molar refractivity (Wildman–Crippen MR) is 2.75 cm³/mol. The van der Waals surface area contributed by atoms with Crippen molar-refractivity contribution in [1.82, 2.24) is 0 Å². The molecule has 0 aromatic heterocycles. The second-order valence-electron chi connectivity index (χ2n) is 0. The van der Waals surface area contributed by atoms with Gasteiger partial charge in [-0.3, -0.25) is 0 Å². The maximum absolute atomic E-state index is 0. The fourth-order valence-electron chi connectivity index (χ4n) is 0. The summed E-state index contributed by atoms with van der Waals surface area (Å²) in [7, 11) is 0. The van der Waals surface area contributed by atoms with Gasteiger partial charge in [-0.1, -0.05) is 0 Å². The van der Waals surface area contributed by atoms with Gasteiger partial charge < -0.3 is 21.9 Å². The Kier molecular flexibility index (Phi) is 861. The van der Waals surface area contributed by atoms with E-state index in [4.69, 9.17) is 0 Å². The molecule has 0 fully saturated rings. The van der Waals surface area contributed by atoms with Gasteiger partial charge in [0.1, 0.15) is 0 Å². The maximum atomic E-state index is 0. The third kappa shape index (κ3) is 49.9. The molecule has 0 saturated heterocycles. The molecule has 0 spiro atoms. The van der Waals surface area contributed by atoms with E-state index in [-0.39, 0.29) is 116 Å². The van der Waals surface area contributed by atoms with Crippen LogP contribution in [0.1, 0.15) is 0 Å². The molecule has 0 heterocycles. The molecule has 0 N–H and O–H groups in total. The molecule has 0 aliphatic carbocycles. The van der Waals surface area contributed by atoms with Crippen molar-refractivity contribution in [3.63, 3.8) is 0 Å². The van der Waals surface area contributed by atoms with Crippen LogP contribution in [0.4, 0.5) is 0 Å². The zero-order valence-corrected chi connectivity index (χ0v) is 11.0. The Balaban J connectivity index is 0. The zero-order chi connectivity index (χ0) is 0. The molecular formula is CeLaMnO4. The van der Waals surface area contributed by atoms with Crippen LogP contribution in [0.3, 0.4) is 0 Å². The van der Waals surface area contributed by atoms with Crippen LogP contribution in [-0.2, 0) is 39.0 Å². The summed E-state index contributed by atoms with van der Waals surface area (Å²) in [6.45, 7) is 0. The van der Waals surface area contributed by atoms with Gasteiger partial charge in [0, 0.05) is 0 Å². The Hall–Kier alpha value is 2.93. The summed E-state index contributed by atoms with van der Waals surface area (Å²) >= 11 is 0. The number of rotatable bonds is 0. The Labute approximate surface area is 114 Å². The minimum atomic E-state index is 0.